The van der Waals surface area contributed by atoms with Crippen molar-refractivity contribution in [1.29, 1.82) is 0 Å². The Morgan fingerprint density at radius 1 is 1.25 bits per heavy atom. The molecule has 7 heteroatoms. The van der Waals surface area contributed by atoms with E-state index in [1.54, 1.807) is 23.5 Å². The van der Waals surface area contributed by atoms with E-state index in [-0.39, 0.29) is 24.1 Å². The summed E-state index contributed by atoms with van der Waals surface area (Å²) in [5.74, 6) is 0.444. The molecule has 2 fully saturated rings. The molecule has 4 rings (SSSR count). The molecule has 1 saturated carbocycles. The first-order valence-corrected chi connectivity index (χ1v) is 10.5. The lowest BCUT2D eigenvalue weighted by Crippen LogP contribution is -2.39. The third kappa shape index (κ3) is 4.85. The lowest BCUT2D eigenvalue weighted by molar-refractivity contribution is -0.133. The van der Waals surface area contributed by atoms with Crippen molar-refractivity contribution in [3.63, 3.8) is 0 Å². The molecule has 1 amide bonds. The number of hydrogen-bond donors (Lipinski definition) is 1. The minimum Gasteiger partial charge on any atom is -0.493 e. The Kier molecular flexibility index (Phi) is 6.96. The van der Waals surface area contributed by atoms with Gasteiger partial charge in [-0.1, -0.05) is 0 Å². The van der Waals surface area contributed by atoms with Crippen LogP contribution in [-0.2, 0) is 11.3 Å². The molecule has 2 aliphatic rings. The highest BCUT2D eigenvalue weighted by molar-refractivity contribution is 7.07. The number of amides is 1. The van der Waals surface area contributed by atoms with Gasteiger partial charge in [0.15, 0.2) is 0 Å². The van der Waals surface area contributed by atoms with Crippen molar-refractivity contribution in [3.05, 3.63) is 52.5 Å². The lowest BCUT2D eigenvalue weighted by Gasteiger charge is -2.29. The van der Waals surface area contributed by atoms with Crippen LogP contribution >= 0.6 is 23.7 Å². The SMILES string of the molecule is Cl.O=C(CCOc1ccc(F)cc1)N(Cc1ccsc1)C1CC12CCNCC2. The zero-order chi connectivity index (χ0) is 18.7. The number of ether oxygens (including phenoxy) is 1. The van der Waals surface area contributed by atoms with Crippen LogP contribution in [0.3, 0.4) is 0 Å². The number of halogens is 2. The largest absolute Gasteiger partial charge is 0.493 e. The van der Waals surface area contributed by atoms with Gasteiger partial charge in [-0.05, 0) is 84.4 Å². The van der Waals surface area contributed by atoms with Crippen molar-refractivity contribution in [2.75, 3.05) is 19.7 Å². The highest BCUT2D eigenvalue weighted by Crippen LogP contribution is 2.56. The van der Waals surface area contributed by atoms with Crippen molar-refractivity contribution < 1.29 is 13.9 Å². The summed E-state index contributed by atoms with van der Waals surface area (Å²) < 4.78 is 18.6. The van der Waals surface area contributed by atoms with E-state index in [9.17, 15) is 9.18 Å². The second kappa shape index (κ2) is 9.25. The standard InChI is InChI=1S/C21H25FN2O2S.ClH/c22-17-1-3-18(4-2-17)26-11-5-20(25)24(14-16-6-12-27-15-16)19-13-21(19)7-9-23-10-8-21;/h1-4,6,12,15,19,23H,5,7-11,13-14H2;1H. The fraction of sp³-hybridized carbons (Fsp3) is 0.476. The van der Waals surface area contributed by atoms with Gasteiger partial charge >= 0.3 is 0 Å². The Morgan fingerprint density at radius 2 is 2.00 bits per heavy atom. The highest BCUT2D eigenvalue weighted by Gasteiger charge is 2.57. The van der Waals surface area contributed by atoms with E-state index in [1.165, 1.54) is 17.7 Å². The topological polar surface area (TPSA) is 41.6 Å². The fourth-order valence-electron chi connectivity index (χ4n) is 4.11. The second-order valence-corrected chi connectivity index (χ2v) is 8.32. The van der Waals surface area contributed by atoms with E-state index in [4.69, 9.17) is 4.74 Å². The van der Waals surface area contributed by atoms with Gasteiger partial charge in [-0.3, -0.25) is 4.79 Å². The molecular weight excluding hydrogens is 399 g/mol. The Bertz CT molecular complexity index is 763. The van der Waals surface area contributed by atoms with E-state index in [0.717, 1.165) is 32.4 Å². The zero-order valence-electron chi connectivity index (χ0n) is 15.7. The number of carbonyl (C=O) groups is 1. The maximum Gasteiger partial charge on any atom is 0.226 e. The van der Waals surface area contributed by atoms with Gasteiger partial charge in [0.25, 0.3) is 0 Å². The minimum atomic E-state index is -0.290. The van der Waals surface area contributed by atoms with Crippen LogP contribution in [0.2, 0.25) is 0 Å². The molecule has 1 aromatic heterocycles. The summed E-state index contributed by atoms with van der Waals surface area (Å²) in [7, 11) is 0. The summed E-state index contributed by atoms with van der Waals surface area (Å²) in [6.07, 6.45) is 3.75. The van der Waals surface area contributed by atoms with Crippen LogP contribution in [0.4, 0.5) is 4.39 Å². The molecule has 1 spiro atoms. The molecule has 28 heavy (non-hydrogen) atoms. The normalized spacial score (nSPS) is 19.7. The van der Waals surface area contributed by atoms with Crippen LogP contribution in [0.1, 0.15) is 31.2 Å². The molecule has 1 aromatic carbocycles. The summed E-state index contributed by atoms with van der Waals surface area (Å²) in [6, 6.07) is 8.35. The Labute approximate surface area is 175 Å². The van der Waals surface area contributed by atoms with Crippen LogP contribution in [0.15, 0.2) is 41.1 Å². The highest BCUT2D eigenvalue weighted by atomic mass is 35.5. The molecule has 1 aliphatic heterocycles. The number of benzene rings is 1. The van der Waals surface area contributed by atoms with Crippen LogP contribution in [0.25, 0.3) is 0 Å². The van der Waals surface area contributed by atoms with Gasteiger partial charge in [0.2, 0.25) is 5.91 Å². The number of rotatable bonds is 7. The summed E-state index contributed by atoms with van der Waals surface area (Å²) in [5.41, 5.74) is 1.51. The minimum absolute atomic E-state index is 0. The predicted octanol–water partition coefficient (Wildman–Crippen LogP) is 4.25. The van der Waals surface area contributed by atoms with Gasteiger partial charge in [0.1, 0.15) is 11.6 Å². The Balaban J connectivity index is 0.00000225. The molecule has 2 heterocycles. The fourth-order valence-corrected chi connectivity index (χ4v) is 4.77. The molecule has 152 valence electrons. The van der Waals surface area contributed by atoms with E-state index in [2.05, 4.69) is 27.0 Å². The van der Waals surface area contributed by atoms with E-state index < -0.39 is 0 Å². The first-order chi connectivity index (χ1) is 13.2. The number of carbonyl (C=O) groups excluding carboxylic acids is 1. The van der Waals surface area contributed by atoms with E-state index >= 15 is 0 Å². The van der Waals surface area contributed by atoms with Gasteiger partial charge in [0.05, 0.1) is 13.0 Å². The molecule has 1 saturated heterocycles. The quantitative estimate of drug-likeness (QED) is 0.722. The lowest BCUT2D eigenvalue weighted by atomic mass is 9.93. The monoisotopic (exact) mass is 424 g/mol. The summed E-state index contributed by atoms with van der Waals surface area (Å²) in [5, 5.41) is 7.60. The molecule has 0 radical (unpaired) electrons. The van der Waals surface area contributed by atoms with Crippen LogP contribution in [-0.4, -0.2) is 36.5 Å². The molecule has 1 N–H and O–H groups in total. The van der Waals surface area contributed by atoms with Crippen molar-refractivity contribution in [3.8, 4) is 5.75 Å². The van der Waals surface area contributed by atoms with Crippen LogP contribution in [0.5, 0.6) is 5.75 Å². The zero-order valence-corrected chi connectivity index (χ0v) is 17.4. The molecule has 4 nitrogen and oxygen atoms in total. The van der Waals surface area contributed by atoms with Crippen molar-refractivity contribution in [1.82, 2.24) is 10.2 Å². The maximum absolute atomic E-state index is 13.0. The first kappa shape index (κ1) is 21.1. The average molecular weight is 425 g/mol. The number of nitrogens with zero attached hydrogens (tertiary/aromatic N) is 1. The van der Waals surface area contributed by atoms with Crippen molar-refractivity contribution in [2.24, 2.45) is 5.41 Å². The van der Waals surface area contributed by atoms with Gasteiger partial charge in [0, 0.05) is 12.6 Å². The molecule has 0 bridgehead atoms. The average Bonchev–Trinajstić information content (AvgIpc) is 3.11. The first-order valence-electron chi connectivity index (χ1n) is 9.56. The third-order valence-electron chi connectivity index (χ3n) is 5.77. The summed E-state index contributed by atoms with van der Waals surface area (Å²) in [6.45, 7) is 3.08. The summed E-state index contributed by atoms with van der Waals surface area (Å²) >= 11 is 1.67. The number of piperidine rings is 1. The predicted molar refractivity (Wildman–Crippen MR) is 112 cm³/mol. The summed E-state index contributed by atoms with van der Waals surface area (Å²) in [4.78, 5) is 15.1. The number of hydrogen-bond acceptors (Lipinski definition) is 4. The van der Waals surface area contributed by atoms with Crippen LogP contribution < -0.4 is 10.1 Å². The van der Waals surface area contributed by atoms with Crippen LogP contribution in [0, 0.1) is 11.2 Å². The molecule has 1 unspecified atom stereocenters. The second-order valence-electron chi connectivity index (χ2n) is 7.54. The smallest absolute Gasteiger partial charge is 0.226 e. The Morgan fingerprint density at radius 3 is 2.68 bits per heavy atom. The van der Waals surface area contributed by atoms with Gasteiger partial charge < -0.3 is 15.0 Å². The number of thiophene rings is 1. The van der Waals surface area contributed by atoms with Crippen molar-refractivity contribution in [2.45, 2.75) is 38.3 Å². The van der Waals surface area contributed by atoms with Crippen molar-refractivity contribution >= 4 is 29.7 Å². The number of nitrogens with one attached hydrogen (secondary N) is 1. The Hall–Kier alpha value is -1.63. The van der Waals surface area contributed by atoms with E-state index in [1.807, 2.05) is 0 Å². The molecule has 2 aromatic rings. The molecule has 1 atom stereocenters. The third-order valence-corrected chi connectivity index (χ3v) is 6.51. The van der Waals surface area contributed by atoms with Gasteiger partial charge in [-0.2, -0.15) is 11.3 Å². The maximum atomic E-state index is 13.0. The molecular formula is C21H26ClFN2O2S. The van der Waals surface area contributed by atoms with Gasteiger partial charge in [-0.15, -0.1) is 12.4 Å². The van der Waals surface area contributed by atoms with E-state index in [0.29, 0.717) is 36.8 Å². The molecule has 1 aliphatic carbocycles. The van der Waals surface area contributed by atoms with Gasteiger partial charge in [-0.25, -0.2) is 4.39 Å².